The summed E-state index contributed by atoms with van der Waals surface area (Å²) in [7, 11) is 0. The summed E-state index contributed by atoms with van der Waals surface area (Å²) < 4.78 is 41.4. The first-order chi connectivity index (χ1) is 16.6. The van der Waals surface area contributed by atoms with Crippen molar-refractivity contribution in [2.75, 3.05) is 13.2 Å². The molecular formula is C30H42F2O2. The topological polar surface area (TPSA) is 18.5 Å². The Kier molecular flexibility index (Phi) is 11.5. The van der Waals surface area contributed by atoms with Crippen molar-refractivity contribution in [3.8, 4) is 11.1 Å². The van der Waals surface area contributed by atoms with Crippen molar-refractivity contribution in [1.29, 1.82) is 0 Å². The zero-order chi connectivity index (χ0) is 24.2. The van der Waals surface area contributed by atoms with Gasteiger partial charge in [-0.15, -0.1) is 0 Å². The maximum atomic E-state index is 14.8. The van der Waals surface area contributed by atoms with Crippen LogP contribution in [0.2, 0.25) is 0 Å². The van der Waals surface area contributed by atoms with Gasteiger partial charge in [0.15, 0.2) is 17.9 Å². The molecule has 4 heteroatoms. The Morgan fingerprint density at radius 1 is 0.706 bits per heavy atom. The molecule has 34 heavy (non-hydrogen) atoms. The molecule has 1 aliphatic rings. The Bertz CT molecular complexity index is 842. The van der Waals surface area contributed by atoms with Gasteiger partial charge in [0.05, 0.1) is 13.2 Å². The molecule has 0 amide bonds. The first kappa shape index (κ1) is 26.8. The smallest absolute Gasteiger partial charge is 0.183 e. The Morgan fingerprint density at radius 3 is 2.00 bits per heavy atom. The molecule has 2 aromatic carbocycles. The summed E-state index contributed by atoms with van der Waals surface area (Å²) in [5.74, 6) is -1.01. The van der Waals surface area contributed by atoms with E-state index in [0.717, 1.165) is 31.2 Å². The second-order valence-corrected chi connectivity index (χ2v) is 9.75. The zero-order valence-electron chi connectivity index (χ0n) is 21.1. The third-order valence-electron chi connectivity index (χ3n) is 6.89. The molecule has 1 fully saturated rings. The van der Waals surface area contributed by atoms with E-state index in [-0.39, 0.29) is 6.29 Å². The number of unbranched alkanes of at least 4 members (excludes halogenated alkanes) is 8. The number of benzene rings is 2. The molecule has 2 nitrogen and oxygen atoms in total. The molecule has 2 aromatic rings. The highest BCUT2D eigenvalue weighted by Crippen LogP contribution is 2.31. The lowest BCUT2D eigenvalue weighted by Crippen LogP contribution is -2.27. The molecule has 0 spiro atoms. The molecule has 0 bridgehead atoms. The molecule has 0 atom stereocenters. The predicted molar refractivity (Wildman–Crippen MR) is 136 cm³/mol. The fraction of sp³-hybridized carbons (Fsp3) is 0.600. The van der Waals surface area contributed by atoms with Crippen LogP contribution in [0.15, 0.2) is 36.4 Å². The number of aryl methyl sites for hydroxylation is 1. The molecule has 188 valence electrons. The lowest BCUT2D eigenvalue weighted by molar-refractivity contribution is -0.206. The van der Waals surface area contributed by atoms with E-state index in [0.29, 0.717) is 42.2 Å². The van der Waals surface area contributed by atoms with Gasteiger partial charge in [-0.25, -0.2) is 8.78 Å². The van der Waals surface area contributed by atoms with Gasteiger partial charge in [0.2, 0.25) is 0 Å². The third kappa shape index (κ3) is 7.88. The summed E-state index contributed by atoms with van der Waals surface area (Å²) >= 11 is 0. The van der Waals surface area contributed by atoms with Crippen LogP contribution in [-0.4, -0.2) is 13.2 Å². The van der Waals surface area contributed by atoms with Crippen molar-refractivity contribution in [2.45, 2.75) is 97.2 Å². The fourth-order valence-corrected chi connectivity index (χ4v) is 4.68. The average Bonchev–Trinajstić information content (AvgIpc) is 2.87. The molecule has 0 saturated carbocycles. The Hall–Kier alpha value is -1.78. The van der Waals surface area contributed by atoms with Gasteiger partial charge in [0, 0.05) is 17.0 Å². The van der Waals surface area contributed by atoms with E-state index in [1.165, 1.54) is 44.9 Å². The van der Waals surface area contributed by atoms with Crippen LogP contribution in [0.1, 0.15) is 102 Å². The van der Waals surface area contributed by atoms with Crippen LogP contribution < -0.4 is 0 Å². The summed E-state index contributed by atoms with van der Waals surface area (Å²) in [6, 6.07) is 10.9. The van der Waals surface area contributed by atoms with E-state index in [1.807, 2.05) is 24.3 Å². The van der Waals surface area contributed by atoms with Gasteiger partial charge in [-0.1, -0.05) is 108 Å². The average molecular weight is 473 g/mol. The van der Waals surface area contributed by atoms with E-state index in [1.54, 1.807) is 12.1 Å². The largest absolute Gasteiger partial charge is 0.348 e. The molecular weight excluding hydrogens is 430 g/mol. The monoisotopic (exact) mass is 472 g/mol. The van der Waals surface area contributed by atoms with E-state index < -0.39 is 11.6 Å². The third-order valence-corrected chi connectivity index (χ3v) is 6.89. The second kappa shape index (κ2) is 14.6. The summed E-state index contributed by atoms with van der Waals surface area (Å²) in [5.41, 5.74) is 2.35. The zero-order valence-corrected chi connectivity index (χ0v) is 21.1. The lowest BCUT2D eigenvalue weighted by atomic mass is 9.98. The van der Waals surface area contributed by atoms with Gasteiger partial charge in [0.25, 0.3) is 0 Å². The standard InChI is InChI=1S/C30H42F2O2/c1-3-5-7-9-10-12-14-25-19-20-27(29(32)28(25)31)24-15-17-26(18-16-24)30-33-21-23(22-34-30)13-11-8-6-4-2/h15-20,23,30H,3-14,21-22H2,1-2H3. The molecule has 1 aliphatic heterocycles. The SMILES string of the molecule is CCCCCCCCc1ccc(-c2ccc(C3OCC(CCCCCC)CO3)cc2)c(F)c1F. The minimum absolute atomic E-state index is 0.299. The molecule has 0 aromatic heterocycles. The highest BCUT2D eigenvalue weighted by Gasteiger charge is 2.23. The minimum Gasteiger partial charge on any atom is -0.348 e. The van der Waals surface area contributed by atoms with Crippen LogP contribution in [0.3, 0.4) is 0 Å². The first-order valence-electron chi connectivity index (χ1n) is 13.4. The van der Waals surface area contributed by atoms with Crippen molar-refractivity contribution in [1.82, 2.24) is 0 Å². The Morgan fingerprint density at radius 2 is 1.32 bits per heavy atom. The van der Waals surface area contributed by atoms with Crippen LogP contribution in [0.4, 0.5) is 8.78 Å². The highest BCUT2D eigenvalue weighted by molar-refractivity contribution is 5.65. The summed E-state index contributed by atoms with van der Waals surface area (Å²) in [6.45, 7) is 5.83. The van der Waals surface area contributed by atoms with Crippen LogP contribution in [-0.2, 0) is 15.9 Å². The maximum absolute atomic E-state index is 14.8. The number of rotatable bonds is 14. The van der Waals surface area contributed by atoms with Crippen molar-refractivity contribution in [2.24, 2.45) is 5.92 Å². The summed E-state index contributed by atoms with van der Waals surface area (Å²) in [4.78, 5) is 0. The van der Waals surface area contributed by atoms with Crippen LogP contribution in [0.5, 0.6) is 0 Å². The Balaban J connectivity index is 1.52. The second-order valence-electron chi connectivity index (χ2n) is 9.75. The van der Waals surface area contributed by atoms with Crippen molar-refractivity contribution >= 4 is 0 Å². The van der Waals surface area contributed by atoms with Crippen molar-refractivity contribution in [3.05, 3.63) is 59.2 Å². The van der Waals surface area contributed by atoms with Gasteiger partial charge >= 0.3 is 0 Å². The minimum atomic E-state index is -0.757. The molecule has 0 aliphatic carbocycles. The number of hydrogen-bond donors (Lipinski definition) is 0. The van der Waals surface area contributed by atoms with Crippen LogP contribution in [0.25, 0.3) is 11.1 Å². The quantitative estimate of drug-likeness (QED) is 0.255. The van der Waals surface area contributed by atoms with E-state index in [2.05, 4.69) is 13.8 Å². The predicted octanol–water partition coefficient (Wildman–Crippen LogP) is 9.17. The summed E-state index contributed by atoms with van der Waals surface area (Å²) in [6.07, 6.45) is 13.2. The number of ether oxygens (including phenoxy) is 2. The Labute approximate surface area is 205 Å². The van der Waals surface area contributed by atoms with Gasteiger partial charge in [0.1, 0.15) is 0 Å². The van der Waals surface area contributed by atoms with Gasteiger partial charge in [-0.2, -0.15) is 0 Å². The molecule has 0 radical (unpaired) electrons. The van der Waals surface area contributed by atoms with Gasteiger partial charge in [-0.3, -0.25) is 0 Å². The highest BCUT2D eigenvalue weighted by atomic mass is 19.2. The number of halogens is 2. The lowest BCUT2D eigenvalue weighted by Gasteiger charge is -2.29. The first-order valence-corrected chi connectivity index (χ1v) is 13.4. The summed E-state index contributed by atoms with van der Waals surface area (Å²) in [5, 5.41) is 0. The van der Waals surface area contributed by atoms with Gasteiger partial charge < -0.3 is 9.47 Å². The normalized spacial score (nSPS) is 18.4. The van der Waals surface area contributed by atoms with Crippen molar-refractivity contribution < 1.29 is 18.3 Å². The number of hydrogen-bond acceptors (Lipinski definition) is 2. The van der Waals surface area contributed by atoms with E-state index in [9.17, 15) is 8.78 Å². The molecule has 1 heterocycles. The van der Waals surface area contributed by atoms with Crippen molar-refractivity contribution in [3.63, 3.8) is 0 Å². The molecule has 0 unspecified atom stereocenters. The van der Waals surface area contributed by atoms with E-state index >= 15 is 0 Å². The van der Waals surface area contributed by atoms with Gasteiger partial charge in [-0.05, 0) is 30.4 Å². The van der Waals surface area contributed by atoms with E-state index in [4.69, 9.17) is 9.47 Å². The molecule has 3 rings (SSSR count). The molecule has 0 N–H and O–H groups in total. The van der Waals surface area contributed by atoms with Crippen LogP contribution in [0, 0.1) is 17.6 Å². The van der Waals surface area contributed by atoms with Crippen LogP contribution >= 0.6 is 0 Å². The molecule has 1 saturated heterocycles. The fourth-order valence-electron chi connectivity index (χ4n) is 4.68. The maximum Gasteiger partial charge on any atom is 0.183 e.